The topological polar surface area (TPSA) is 88.4 Å². The highest BCUT2D eigenvalue weighted by Gasteiger charge is 2.35. The molecule has 0 spiro atoms. The molecule has 0 unspecified atom stereocenters. The van der Waals surface area contributed by atoms with E-state index in [9.17, 15) is 14.0 Å². The third-order valence-electron chi connectivity index (χ3n) is 7.68. The molecule has 48 heavy (non-hydrogen) atoms. The van der Waals surface area contributed by atoms with Gasteiger partial charge in [-0.25, -0.2) is 14.2 Å². The molecule has 8 nitrogen and oxygen atoms in total. The minimum absolute atomic E-state index is 0.00249. The van der Waals surface area contributed by atoms with Gasteiger partial charge < -0.3 is 18.9 Å². The minimum Gasteiger partial charge on any atom is -0.497 e. The van der Waals surface area contributed by atoms with Gasteiger partial charge in [-0.3, -0.25) is 9.36 Å². The quantitative estimate of drug-likeness (QED) is 0.154. The SMILES string of the molecule is CCOC(=O)C1=C(c2ccccc2)N=c2s/c(=C\c3cc(Br)c(OCc4ccccc4F)c(OC)c3)c(=O)n2[C@H]1c1ccc(OC)cc1. The van der Waals surface area contributed by atoms with Crippen molar-refractivity contribution in [3.05, 3.63) is 149 Å². The van der Waals surface area contributed by atoms with Gasteiger partial charge in [-0.1, -0.05) is 72.0 Å². The fourth-order valence-corrected chi connectivity index (χ4v) is 7.00. The molecule has 0 saturated heterocycles. The number of carbonyl (C=O) groups excluding carboxylic acids is 1. The van der Waals surface area contributed by atoms with Crippen molar-refractivity contribution in [3.63, 3.8) is 0 Å². The summed E-state index contributed by atoms with van der Waals surface area (Å²) < 4.78 is 39.2. The molecule has 2 heterocycles. The van der Waals surface area contributed by atoms with Gasteiger partial charge >= 0.3 is 5.97 Å². The number of hydrogen-bond donors (Lipinski definition) is 0. The number of rotatable bonds is 10. The molecule has 6 rings (SSSR count). The van der Waals surface area contributed by atoms with E-state index in [4.69, 9.17) is 23.9 Å². The van der Waals surface area contributed by atoms with Gasteiger partial charge in [0.05, 0.1) is 47.1 Å². The van der Waals surface area contributed by atoms with Crippen molar-refractivity contribution in [3.8, 4) is 17.2 Å². The lowest BCUT2D eigenvalue weighted by Crippen LogP contribution is -2.40. The average Bonchev–Trinajstić information content (AvgIpc) is 3.41. The number of halogens is 2. The van der Waals surface area contributed by atoms with Crippen molar-refractivity contribution >= 4 is 45.0 Å². The standard InChI is InChI=1S/C37H30BrFN2O6S/c1-4-46-36(43)31-32(23-10-6-5-7-11-23)40-37-41(33(31)24-14-16-26(44-2)17-15-24)35(42)30(48-37)20-22-18-27(38)34(29(19-22)45-3)47-21-25-12-8-9-13-28(25)39/h5-20,33H,4,21H2,1-3H3/b30-20-/t33-/m0/s1. The summed E-state index contributed by atoms with van der Waals surface area (Å²) in [6, 6.07) is 25.7. The highest BCUT2D eigenvalue weighted by Crippen LogP contribution is 2.38. The lowest BCUT2D eigenvalue weighted by atomic mass is 9.93. The molecule has 0 fully saturated rings. The van der Waals surface area contributed by atoms with Crippen molar-refractivity contribution < 1.29 is 28.1 Å². The molecule has 244 valence electrons. The normalized spacial score (nSPS) is 14.3. The number of ether oxygens (including phenoxy) is 4. The van der Waals surface area contributed by atoms with Crippen molar-refractivity contribution in [1.29, 1.82) is 0 Å². The summed E-state index contributed by atoms with van der Waals surface area (Å²) in [5, 5.41) is 0. The van der Waals surface area contributed by atoms with Crippen LogP contribution < -0.4 is 29.1 Å². The Morgan fingerprint density at radius 3 is 2.42 bits per heavy atom. The Balaban J connectivity index is 1.50. The summed E-state index contributed by atoms with van der Waals surface area (Å²) in [7, 11) is 3.08. The molecule has 1 aliphatic rings. The van der Waals surface area contributed by atoms with E-state index in [-0.39, 0.29) is 30.2 Å². The maximum Gasteiger partial charge on any atom is 0.338 e. The zero-order chi connectivity index (χ0) is 33.8. The van der Waals surface area contributed by atoms with E-state index < -0.39 is 12.0 Å². The minimum atomic E-state index is -0.820. The second-order valence-corrected chi connectivity index (χ2v) is 12.5. The van der Waals surface area contributed by atoms with Crippen LogP contribution in [0.3, 0.4) is 0 Å². The molecule has 0 bridgehead atoms. The molecule has 0 amide bonds. The largest absolute Gasteiger partial charge is 0.497 e. The van der Waals surface area contributed by atoms with Gasteiger partial charge in [0.25, 0.3) is 5.56 Å². The Labute approximate surface area is 288 Å². The number of aromatic nitrogens is 1. The van der Waals surface area contributed by atoms with Gasteiger partial charge in [0.1, 0.15) is 18.2 Å². The van der Waals surface area contributed by atoms with Gasteiger partial charge in [-0.15, -0.1) is 0 Å². The number of esters is 1. The number of methoxy groups -OCH3 is 2. The zero-order valence-electron chi connectivity index (χ0n) is 26.2. The van der Waals surface area contributed by atoms with Gasteiger partial charge in [-0.05, 0) is 70.4 Å². The van der Waals surface area contributed by atoms with E-state index in [1.807, 2.05) is 42.5 Å². The van der Waals surface area contributed by atoms with Gasteiger partial charge in [0.15, 0.2) is 16.3 Å². The Hall–Kier alpha value is -5.00. The summed E-state index contributed by atoms with van der Waals surface area (Å²) in [5.41, 5.74) is 2.82. The monoisotopic (exact) mass is 728 g/mol. The van der Waals surface area contributed by atoms with Crippen molar-refractivity contribution in [2.45, 2.75) is 19.6 Å². The second kappa shape index (κ2) is 14.4. The first-order chi connectivity index (χ1) is 23.3. The molecule has 1 aromatic heterocycles. The van der Waals surface area contributed by atoms with Crippen LogP contribution in [-0.4, -0.2) is 31.4 Å². The number of hydrogen-bond acceptors (Lipinski definition) is 8. The lowest BCUT2D eigenvalue weighted by Gasteiger charge is -2.26. The van der Waals surface area contributed by atoms with Crippen molar-refractivity contribution in [2.75, 3.05) is 20.8 Å². The molecule has 0 saturated carbocycles. The first kappa shape index (κ1) is 32.9. The third-order valence-corrected chi connectivity index (χ3v) is 9.26. The highest BCUT2D eigenvalue weighted by molar-refractivity contribution is 9.10. The summed E-state index contributed by atoms with van der Waals surface area (Å²) in [6.45, 7) is 1.89. The van der Waals surface area contributed by atoms with E-state index in [0.717, 1.165) is 5.56 Å². The van der Waals surface area contributed by atoms with Gasteiger partial charge in [0.2, 0.25) is 0 Å². The summed E-state index contributed by atoms with van der Waals surface area (Å²) in [6.07, 6.45) is 1.74. The molecule has 0 radical (unpaired) electrons. The molecule has 0 N–H and O–H groups in total. The molecule has 5 aromatic rings. The fourth-order valence-electron chi connectivity index (χ4n) is 5.42. The van der Waals surface area contributed by atoms with Crippen LogP contribution in [0.4, 0.5) is 4.39 Å². The van der Waals surface area contributed by atoms with Crippen LogP contribution in [-0.2, 0) is 16.1 Å². The first-order valence-electron chi connectivity index (χ1n) is 15.0. The molecule has 1 aliphatic heterocycles. The number of nitrogens with zero attached hydrogens (tertiary/aromatic N) is 2. The Kier molecular flexibility index (Phi) is 9.88. The molecule has 11 heteroatoms. The Morgan fingerprint density at radius 2 is 1.73 bits per heavy atom. The van der Waals surface area contributed by atoms with E-state index in [1.165, 1.54) is 29.1 Å². The van der Waals surface area contributed by atoms with Crippen LogP contribution in [0.2, 0.25) is 0 Å². The summed E-state index contributed by atoms with van der Waals surface area (Å²) in [5.74, 6) is 0.498. The van der Waals surface area contributed by atoms with Gasteiger partial charge in [0, 0.05) is 11.1 Å². The second-order valence-electron chi connectivity index (χ2n) is 10.6. The summed E-state index contributed by atoms with van der Waals surface area (Å²) >= 11 is 4.77. The average molecular weight is 730 g/mol. The number of fused-ring (bicyclic) bond motifs is 1. The molecular weight excluding hydrogens is 699 g/mol. The Bertz CT molecular complexity index is 2200. The predicted octanol–water partition coefficient (Wildman–Crippen LogP) is 6.43. The van der Waals surface area contributed by atoms with Crippen LogP contribution in [0, 0.1) is 5.82 Å². The molecule has 4 aromatic carbocycles. The van der Waals surface area contributed by atoms with Crippen LogP contribution in [0.15, 0.2) is 111 Å². The molecular formula is C37H30BrFN2O6S. The van der Waals surface area contributed by atoms with Crippen LogP contribution in [0.5, 0.6) is 17.2 Å². The number of thiazole rings is 1. The van der Waals surface area contributed by atoms with Crippen LogP contribution in [0.1, 0.15) is 35.2 Å². The van der Waals surface area contributed by atoms with Crippen LogP contribution in [0.25, 0.3) is 11.8 Å². The summed E-state index contributed by atoms with van der Waals surface area (Å²) in [4.78, 5) is 33.3. The smallest absolute Gasteiger partial charge is 0.338 e. The fraction of sp³-hybridized carbons (Fsp3) is 0.162. The number of carbonyl (C=O) groups is 1. The predicted molar refractivity (Wildman–Crippen MR) is 185 cm³/mol. The van der Waals surface area contributed by atoms with Crippen LogP contribution >= 0.6 is 27.3 Å². The molecule has 1 atom stereocenters. The maximum atomic E-state index is 14.3. The van der Waals surface area contributed by atoms with Gasteiger partial charge in [-0.2, -0.15) is 0 Å². The highest BCUT2D eigenvalue weighted by atomic mass is 79.9. The van der Waals surface area contributed by atoms with Crippen molar-refractivity contribution in [2.24, 2.45) is 4.99 Å². The van der Waals surface area contributed by atoms with E-state index in [0.29, 0.717) is 53.4 Å². The van der Waals surface area contributed by atoms with E-state index in [1.54, 1.807) is 62.6 Å². The lowest BCUT2D eigenvalue weighted by molar-refractivity contribution is -0.138. The van der Waals surface area contributed by atoms with Crippen molar-refractivity contribution in [1.82, 2.24) is 4.57 Å². The Morgan fingerprint density at radius 1 is 1.00 bits per heavy atom. The maximum absolute atomic E-state index is 14.3. The number of benzene rings is 4. The molecule has 0 aliphatic carbocycles. The first-order valence-corrected chi connectivity index (χ1v) is 16.6. The van der Waals surface area contributed by atoms with E-state index >= 15 is 0 Å². The zero-order valence-corrected chi connectivity index (χ0v) is 28.6. The van der Waals surface area contributed by atoms with E-state index in [2.05, 4.69) is 15.9 Å². The third kappa shape index (κ3) is 6.56.